The van der Waals surface area contributed by atoms with Crippen molar-refractivity contribution in [3.63, 3.8) is 0 Å². The molecule has 6 nitrogen and oxygen atoms in total. The Balaban J connectivity index is 2.34. The fourth-order valence-electron chi connectivity index (χ4n) is 1.18. The lowest BCUT2D eigenvalue weighted by Crippen LogP contribution is -2.09. The van der Waals surface area contributed by atoms with E-state index in [1.54, 1.807) is 24.2 Å². The van der Waals surface area contributed by atoms with Crippen molar-refractivity contribution in [2.24, 2.45) is 5.73 Å². The number of hydrogen-bond donors (Lipinski definition) is 1. The summed E-state index contributed by atoms with van der Waals surface area (Å²) in [5.41, 5.74) is 5.69. The van der Waals surface area contributed by atoms with E-state index in [0.717, 1.165) is 0 Å². The number of rotatable bonds is 7. The molecule has 0 aromatic carbocycles. The number of hydrogen-bond acceptors (Lipinski definition) is 5. The summed E-state index contributed by atoms with van der Waals surface area (Å²) in [5.74, 6) is -0.410. The van der Waals surface area contributed by atoms with Gasteiger partial charge in [0.15, 0.2) is 5.69 Å². The molecule has 0 spiro atoms. The van der Waals surface area contributed by atoms with Gasteiger partial charge in [-0.05, 0) is 0 Å². The van der Waals surface area contributed by atoms with Crippen LogP contribution in [0, 0.1) is 0 Å². The topological polar surface area (TPSA) is 79.4 Å². The van der Waals surface area contributed by atoms with Gasteiger partial charge in [-0.1, -0.05) is 0 Å². The fraction of sp³-hybridized carbons (Fsp3) is 0.600. The number of nitrogens with zero attached hydrogens (tertiary/aromatic N) is 2. The average molecular weight is 227 g/mol. The molecule has 0 saturated carbocycles. The van der Waals surface area contributed by atoms with Crippen molar-refractivity contribution in [2.75, 3.05) is 26.9 Å². The van der Waals surface area contributed by atoms with Gasteiger partial charge in [0.2, 0.25) is 0 Å². The maximum absolute atomic E-state index is 11.5. The predicted octanol–water partition coefficient (Wildman–Crippen LogP) is 0.0351. The number of esters is 1. The molecule has 0 aliphatic heterocycles. The number of nitrogens with two attached hydrogens (primary N) is 1. The van der Waals surface area contributed by atoms with Crippen LogP contribution in [0.15, 0.2) is 12.5 Å². The molecular formula is C10H17N3O3. The van der Waals surface area contributed by atoms with Crippen LogP contribution in [0.1, 0.15) is 16.9 Å². The summed E-state index contributed by atoms with van der Waals surface area (Å²) in [6.07, 6.45) is 3.88. The van der Waals surface area contributed by atoms with Crippen LogP contribution in [0.25, 0.3) is 0 Å². The zero-order valence-corrected chi connectivity index (χ0v) is 9.39. The van der Waals surface area contributed by atoms with Gasteiger partial charge in [0, 0.05) is 39.4 Å². The molecule has 2 N–H and O–H groups in total. The van der Waals surface area contributed by atoms with Crippen LogP contribution in [-0.4, -0.2) is 42.4 Å². The van der Waals surface area contributed by atoms with Gasteiger partial charge in [-0.15, -0.1) is 0 Å². The van der Waals surface area contributed by atoms with Gasteiger partial charge in [-0.3, -0.25) is 0 Å². The van der Waals surface area contributed by atoms with Gasteiger partial charge in [0.05, 0.1) is 12.9 Å². The Morgan fingerprint density at radius 1 is 1.56 bits per heavy atom. The predicted molar refractivity (Wildman–Crippen MR) is 58.1 cm³/mol. The van der Waals surface area contributed by atoms with E-state index in [-0.39, 0.29) is 0 Å². The molecule has 16 heavy (non-hydrogen) atoms. The highest BCUT2D eigenvalue weighted by molar-refractivity contribution is 5.86. The van der Waals surface area contributed by atoms with Crippen LogP contribution in [0.2, 0.25) is 0 Å². The summed E-state index contributed by atoms with van der Waals surface area (Å²) in [6.45, 7) is 2.08. The SMILES string of the molecule is COCCCOC(=O)c1cn(CCN)cn1. The molecule has 0 unspecified atom stereocenters. The lowest BCUT2D eigenvalue weighted by Gasteiger charge is -2.01. The number of carbonyl (C=O) groups is 1. The van der Waals surface area contributed by atoms with Crippen LogP contribution < -0.4 is 5.73 Å². The number of carbonyl (C=O) groups excluding carboxylic acids is 1. The molecule has 6 heteroatoms. The van der Waals surface area contributed by atoms with Gasteiger partial charge in [-0.25, -0.2) is 9.78 Å². The molecule has 0 aliphatic carbocycles. The second kappa shape index (κ2) is 6.97. The van der Waals surface area contributed by atoms with Crippen molar-refractivity contribution in [2.45, 2.75) is 13.0 Å². The summed E-state index contributed by atoms with van der Waals surface area (Å²) in [4.78, 5) is 15.4. The van der Waals surface area contributed by atoms with E-state index in [2.05, 4.69) is 4.98 Å². The quantitative estimate of drug-likeness (QED) is 0.525. The van der Waals surface area contributed by atoms with Crippen molar-refractivity contribution in [3.8, 4) is 0 Å². The smallest absolute Gasteiger partial charge is 0.358 e. The molecule has 1 rings (SSSR count). The molecule has 0 amide bonds. The highest BCUT2D eigenvalue weighted by Crippen LogP contribution is 1.99. The Morgan fingerprint density at radius 3 is 3.06 bits per heavy atom. The number of ether oxygens (including phenoxy) is 2. The van der Waals surface area contributed by atoms with Crippen molar-refractivity contribution in [1.29, 1.82) is 0 Å². The van der Waals surface area contributed by atoms with Crippen molar-refractivity contribution < 1.29 is 14.3 Å². The fourth-order valence-corrected chi connectivity index (χ4v) is 1.18. The molecule has 0 bridgehead atoms. The molecule has 0 aliphatic rings. The Bertz CT molecular complexity index is 325. The number of aromatic nitrogens is 2. The molecule has 0 saturated heterocycles. The first-order chi connectivity index (χ1) is 7.77. The van der Waals surface area contributed by atoms with E-state index < -0.39 is 5.97 Å². The summed E-state index contributed by atoms with van der Waals surface area (Å²) in [6, 6.07) is 0. The van der Waals surface area contributed by atoms with E-state index in [1.165, 1.54) is 0 Å². The molecule has 90 valence electrons. The van der Waals surface area contributed by atoms with Crippen molar-refractivity contribution >= 4 is 5.97 Å². The van der Waals surface area contributed by atoms with E-state index in [1.807, 2.05) is 0 Å². The van der Waals surface area contributed by atoms with Gasteiger partial charge >= 0.3 is 5.97 Å². The Hall–Kier alpha value is -1.40. The summed E-state index contributed by atoms with van der Waals surface area (Å²) in [7, 11) is 1.61. The van der Waals surface area contributed by atoms with E-state index in [9.17, 15) is 4.79 Å². The average Bonchev–Trinajstić information content (AvgIpc) is 2.73. The third kappa shape index (κ3) is 4.00. The highest BCUT2D eigenvalue weighted by Gasteiger charge is 2.10. The van der Waals surface area contributed by atoms with E-state index in [4.69, 9.17) is 15.2 Å². The monoisotopic (exact) mass is 227 g/mol. The lowest BCUT2D eigenvalue weighted by molar-refractivity contribution is 0.0462. The molecule has 0 atom stereocenters. The Kier molecular flexibility index (Phi) is 5.52. The van der Waals surface area contributed by atoms with Crippen LogP contribution >= 0.6 is 0 Å². The van der Waals surface area contributed by atoms with Crippen LogP contribution in [0.4, 0.5) is 0 Å². The highest BCUT2D eigenvalue weighted by atomic mass is 16.5. The normalized spacial score (nSPS) is 10.4. The first kappa shape index (κ1) is 12.7. The molecule has 1 aromatic heterocycles. The van der Waals surface area contributed by atoms with Crippen molar-refractivity contribution in [3.05, 3.63) is 18.2 Å². The summed E-state index contributed by atoms with van der Waals surface area (Å²) in [5, 5.41) is 0. The second-order valence-corrected chi connectivity index (χ2v) is 3.27. The van der Waals surface area contributed by atoms with Crippen LogP contribution in [0.3, 0.4) is 0 Å². The maximum atomic E-state index is 11.5. The van der Waals surface area contributed by atoms with Crippen molar-refractivity contribution in [1.82, 2.24) is 9.55 Å². The first-order valence-corrected chi connectivity index (χ1v) is 5.16. The molecule has 0 fully saturated rings. The Morgan fingerprint density at radius 2 is 2.38 bits per heavy atom. The first-order valence-electron chi connectivity index (χ1n) is 5.16. The summed E-state index contributed by atoms with van der Waals surface area (Å²) < 4.78 is 11.6. The van der Waals surface area contributed by atoms with E-state index >= 15 is 0 Å². The Labute approximate surface area is 94.4 Å². The van der Waals surface area contributed by atoms with Crippen LogP contribution in [0.5, 0.6) is 0 Å². The number of methoxy groups -OCH3 is 1. The number of imidazole rings is 1. The second-order valence-electron chi connectivity index (χ2n) is 3.27. The van der Waals surface area contributed by atoms with Gasteiger partial charge in [0.1, 0.15) is 0 Å². The molecule has 0 radical (unpaired) electrons. The summed E-state index contributed by atoms with van der Waals surface area (Å²) >= 11 is 0. The van der Waals surface area contributed by atoms with Gasteiger partial charge in [0.25, 0.3) is 0 Å². The largest absolute Gasteiger partial charge is 0.461 e. The minimum absolute atomic E-state index is 0.311. The minimum Gasteiger partial charge on any atom is -0.461 e. The lowest BCUT2D eigenvalue weighted by atomic mass is 10.4. The minimum atomic E-state index is -0.410. The zero-order chi connectivity index (χ0) is 11.8. The molecule has 1 aromatic rings. The zero-order valence-electron chi connectivity index (χ0n) is 9.39. The van der Waals surface area contributed by atoms with Gasteiger partial charge in [-0.2, -0.15) is 0 Å². The standard InChI is InChI=1S/C10H17N3O3/c1-15-5-2-6-16-10(14)9-7-13(4-3-11)8-12-9/h7-8H,2-6,11H2,1H3. The van der Waals surface area contributed by atoms with E-state index in [0.29, 0.717) is 38.4 Å². The maximum Gasteiger partial charge on any atom is 0.358 e. The van der Waals surface area contributed by atoms with Gasteiger partial charge < -0.3 is 19.8 Å². The third-order valence-electron chi connectivity index (χ3n) is 1.96. The molecule has 1 heterocycles. The third-order valence-corrected chi connectivity index (χ3v) is 1.96. The molecular weight excluding hydrogens is 210 g/mol. The van der Waals surface area contributed by atoms with Crippen LogP contribution in [-0.2, 0) is 16.0 Å².